The molecule has 0 radical (unpaired) electrons. The van der Waals surface area contributed by atoms with Crippen LogP contribution in [0, 0.1) is 5.82 Å². The molecule has 0 unspecified atom stereocenters. The van der Waals surface area contributed by atoms with Gasteiger partial charge in [-0.1, -0.05) is 0 Å². The van der Waals surface area contributed by atoms with E-state index in [1.807, 2.05) is 0 Å². The normalized spacial score (nSPS) is 13.4. The number of carbonyl (C=O) groups excluding carboxylic acids is 2. The van der Waals surface area contributed by atoms with Crippen LogP contribution in [-0.4, -0.2) is 37.3 Å². The van der Waals surface area contributed by atoms with Crippen molar-refractivity contribution in [2.45, 2.75) is 19.1 Å². The first-order valence-electron chi connectivity index (χ1n) is 6.25. The van der Waals surface area contributed by atoms with Crippen LogP contribution in [0.15, 0.2) is 30.7 Å². The molecule has 0 saturated carbocycles. The van der Waals surface area contributed by atoms with Crippen LogP contribution in [0.1, 0.15) is 17.4 Å². The van der Waals surface area contributed by atoms with Crippen LogP contribution in [0.25, 0.3) is 0 Å². The van der Waals surface area contributed by atoms with Crippen molar-refractivity contribution >= 4 is 17.5 Å². The van der Waals surface area contributed by atoms with E-state index in [0.717, 1.165) is 17.1 Å². The number of nitrogens with one attached hydrogen (secondary N) is 1. The number of carbonyl (C=O) groups is 2. The van der Waals surface area contributed by atoms with Gasteiger partial charge < -0.3 is 16.2 Å². The largest absolute Gasteiger partial charge is 0.378 e. The lowest BCUT2D eigenvalue weighted by atomic mass is 10.1. The van der Waals surface area contributed by atoms with E-state index in [2.05, 4.69) is 15.4 Å². The second kappa shape index (κ2) is 5.90. The molecule has 2 aromatic rings. The van der Waals surface area contributed by atoms with Crippen molar-refractivity contribution in [1.82, 2.24) is 14.8 Å². The zero-order chi connectivity index (χ0) is 16.3. The Bertz CT molecular complexity index is 696. The van der Waals surface area contributed by atoms with E-state index in [-0.39, 0.29) is 17.9 Å². The summed E-state index contributed by atoms with van der Waals surface area (Å²) in [4.78, 5) is 26.7. The molecule has 2 amide bonds. The number of hydrogen-bond acceptors (Lipinski definition) is 5. The van der Waals surface area contributed by atoms with Crippen LogP contribution in [0.5, 0.6) is 0 Å². The fraction of sp³-hybridized carbons (Fsp3) is 0.231. The predicted molar refractivity (Wildman–Crippen MR) is 74.2 cm³/mol. The number of amides is 2. The lowest BCUT2D eigenvalue weighted by Gasteiger charge is -2.22. The lowest BCUT2D eigenvalue weighted by molar-refractivity contribution is -0.133. The Kier molecular flexibility index (Phi) is 4.18. The Morgan fingerprint density at radius 1 is 1.45 bits per heavy atom. The van der Waals surface area contributed by atoms with Crippen LogP contribution < -0.4 is 11.1 Å². The van der Waals surface area contributed by atoms with Crippen molar-refractivity contribution in [2.24, 2.45) is 5.73 Å². The van der Waals surface area contributed by atoms with Gasteiger partial charge in [0.15, 0.2) is 11.4 Å². The minimum Gasteiger partial charge on any atom is -0.378 e. The van der Waals surface area contributed by atoms with Gasteiger partial charge in [-0.25, -0.2) is 9.37 Å². The summed E-state index contributed by atoms with van der Waals surface area (Å²) < 4.78 is 14.0. The van der Waals surface area contributed by atoms with Gasteiger partial charge in [0.05, 0.1) is 30.8 Å². The molecule has 0 fully saturated rings. The maximum absolute atomic E-state index is 12.8. The molecule has 0 aromatic carbocycles. The van der Waals surface area contributed by atoms with E-state index in [4.69, 9.17) is 5.73 Å². The Balaban J connectivity index is 2.05. The van der Waals surface area contributed by atoms with Crippen molar-refractivity contribution in [3.8, 4) is 0 Å². The van der Waals surface area contributed by atoms with Crippen molar-refractivity contribution < 1.29 is 19.1 Å². The quantitative estimate of drug-likeness (QED) is 0.712. The highest BCUT2D eigenvalue weighted by atomic mass is 19.1. The highest BCUT2D eigenvalue weighted by Crippen LogP contribution is 2.13. The van der Waals surface area contributed by atoms with Gasteiger partial charge in [-0.3, -0.25) is 14.3 Å². The van der Waals surface area contributed by atoms with Crippen molar-refractivity contribution in [3.63, 3.8) is 0 Å². The number of anilines is 1. The number of aliphatic hydroxyl groups is 1. The van der Waals surface area contributed by atoms with E-state index < -0.39 is 23.2 Å². The van der Waals surface area contributed by atoms with Gasteiger partial charge in [-0.2, -0.15) is 5.10 Å². The summed E-state index contributed by atoms with van der Waals surface area (Å²) in [5.74, 6) is -1.98. The average Bonchev–Trinajstić information content (AvgIpc) is 2.83. The van der Waals surface area contributed by atoms with Crippen LogP contribution in [-0.2, 0) is 11.3 Å². The fourth-order valence-electron chi connectivity index (χ4n) is 1.69. The van der Waals surface area contributed by atoms with E-state index in [9.17, 15) is 19.1 Å². The Hall–Kier alpha value is -2.81. The smallest absolute Gasteiger partial charge is 0.267 e. The highest BCUT2D eigenvalue weighted by molar-refractivity contribution is 5.97. The predicted octanol–water partition coefficient (Wildman–Crippen LogP) is -0.0942. The van der Waals surface area contributed by atoms with Gasteiger partial charge in [-0.15, -0.1) is 0 Å². The Morgan fingerprint density at radius 3 is 2.68 bits per heavy atom. The first-order valence-corrected chi connectivity index (χ1v) is 6.25. The van der Waals surface area contributed by atoms with Crippen LogP contribution >= 0.6 is 0 Å². The van der Waals surface area contributed by atoms with Gasteiger partial charge >= 0.3 is 0 Å². The maximum Gasteiger partial charge on any atom is 0.267 e. The van der Waals surface area contributed by atoms with Crippen molar-refractivity contribution in [2.75, 3.05) is 5.32 Å². The van der Waals surface area contributed by atoms with Gasteiger partial charge in [0.2, 0.25) is 0 Å². The molecule has 9 heteroatoms. The number of halogens is 1. The molecular weight excluding hydrogens is 293 g/mol. The van der Waals surface area contributed by atoms with Crippen LogP contribution in [0.4, 0.5) is 10.1 Å². The fourth-order valence-corrected chi connectivity index (χ4v) is 1.69. The number of pyridine rings is 1. The zero-order valence-electron chi connectivity index (χ0n) is 11.7. The summed E-state index contributed by atoms with van der Waals surface area (Å²) >= 11 is 0. The molecule has 2 rings (SSSR count). The number of hydrogen-bond donors (Lipinski definition) is 3. The first kappa shape index (κ1) is 15.6. The van der Waals surface area contributed by atoms with Gasteiger partial charge in [0, 0.05) is 0 Å². The van der Waals surface area contributed by atoms with Gasteiger partial charge in [0.1, 0.15) is 5.69 Å². The summed E-state index contributed by atoms with van der Waals surface area (Å²) in [6, 6.07) is 2.77. The van der Waals surface area contributed by atoms with Crippen molar-refractivity contribution in [1.29, 1.82) is 0 Å². The number of nitrogens with zero attached hydrogens (tertiary/aromatic N) is 3. The standard InChI is InChI=1S/C13H14FN5O3/c1-13(22,7-19-6-8(14)4-17-19)12(21)18-9-2-3-10(11(15)20)16-5-9/h2-6,22H,7H2,1H3,(H2,15,20)(H,18,21)/t13-/m0/s1. The number of aromatic nitrogens is 3. The second-order valence-corrected chi connectivity index (χ2v) is 4.88. The molecule has 1 atom stereocenters. The zero-order valence-corrected chi connectivity index (χ0v) is 11.7. The summed E-state index contributed by atoms with van der Waals surface area (Å²) in [6.45, 7) is 1.04. The SMILES string of the molecule is C[C@](O)(Cn1cc(F)cn1)C(=O)Nc1ccc(C(N)=O)nc1. The van der Waals surface area contributed by atoms with Crippen LogP contribution in [0.3, 0.4) is 0 Å². The van der Waals surface area contributed by atoms with E-state index in [1.165, 1.54) is 25.3 Å². The summed E-state index contributed by atoms with van der Waals surface area (Å²) in [5.41, 5.74) is 3.57. The molecule has 0 aliphatic rings. The van der Waals surface area contributed by atoms with E-state index in [0.29, 0.717) is 0 Å². The molecule has 2 aromatic heterocycles. The molecule has 2 heterocycles. The average molecular weight is 307 g/mol. The van der Waals surface area contributed by atoms with E-state index >= 15 is 0 Å². The molecule has 4 N–H and O–H groups in total. The number of primary amides is 1. The molecular formula is C13H14FN5O3. The van der Waals surface area contributed by atoms with E-state index in [1.54, 1.807) is 0 Å². The molecule has 116 valence electrons. The molecule has 0 saturated heterocycles. The number of nitrogens with two attached hydrogens (primary N) is 1. The topological polar surface area (TPSA) is 123 Å². The monoisotopic (exact) mass is 307 g/mol. The lowest BCUT2D eigenvalue weighted by Crippen LogP contribution is -2.43. The second-order valence-electron chi connectivity index (χ2n) is 4.88. The Morgan fingerprint density at radius 2 is 2.18 bits per heavy atom. The molecule has 22 heavy (non-hydrogen) atoms. The maximum atomic E-state index is 12.8. The number of rotatable bonds is 5. The summed E-state index contributed by atoms with van der Waals surface area (Å²) in [7, 11) is 0. The Labute approximate surface area is 124 Å². The minimum absolute atomic E-state index is 0.0526. The molecule has 8 nitrogen and oxygen atoms in total. The molecule has 0 spiro atoms. The molecule has 0 bridgehead atoms. The third-order valence-corrected chi connectivity index (χ3v) is 2.83. The van der Waals surface area contributed by atoms with Gasteiger partial charge in [-0.05, 0) is 19.1 Å². The summed E-state index contributed by atoms with van der Waals surface area (Å²) in [5, 5.41) is 16.3. The van der Waals surface area contributed by atoms with Crippen molar-refractivity contribution in [3.05, 3.63) is 42.2 Å². The first-order chi connectivity index (χ1) is 10.3. The molecule has 0 aliphatic carbocycles. The molecule has 0 aliphatic heterocycles. The minimum atomic E-state index is -1.82. The third-order valence-electron chi connectivity index (χ3n) is 2.83. The van der Waals surface area contributed by atoms with Crippen LogP contribution in [0.2, 0.25) is 0 Å². The third kappa shape index (κ3) is 3.64. The summed E-state index contributed by atoms with van der Waals surface area (Å²) in [6.07, 6.45) is 3.27. The van der Waals surface area contributed by atoms with Gasteiger partial charge in [0.25, 0.3) is 11.8 Å². The highest BCUT2D eigenvalue weighted by Gasteiger charge is 2.31.